The minimum Gasteiger partial charge on any atom is -0.507 e. The number of pyridine rings is 1. The molecule has 0 radical (unpaired) electrons. The highest BCUT2D eigenvalue weighted by molar-refractivity contribution is 6.33. The predicted octanol–water partition coefficient (Wildman–Crippen LogP) is 5.25. The van der Waals surface area contributed by atoms with E-state index in [2.05, 4.69) is 4.98 Å². The number of benzene rings is 1. The largest absolute Gasteiger partial charge is 0.507 e. The Morgan fingerprint density at radius 2 is 1.77 bits per heavy atom. The summed E-state index contributed by atoms with van der Waals surface area (Å²) in [7, 11) is 1.24. The van der Waals surface area contributed by atoms with E-state index < -0.39 is 53.2 Å². The maximum Gasteiger partial charge on any atom is 0.433 e. The molecular weight excluding hydrogens is 587 g/mol. The van der Waals surface area contributed by atoms with Gasteiger partial charge in [-0.1, -0.05) is 41.4 Å². The van der Waals surface area contributed by atoms with Crippen LogP contribution in [0.2, 0.25) is 5.02 Å². The van der Waals surface area contributed by atoms with Crippen LogP contribution < -0.4 is 5.01 Å². The normalized spacial score (nSPS) is 25.3. The molecule has 43 heavy (non-hydrogen) atoms. The van der Waals surface area contributed by atoms with Gasteiger partial charge >= 0.3 is 6.18 Å². The van der Waals surface area contributed by atoms with E-state index in [1.807, 2.05) is 0 Å². The number of aryl methyl sites for hydroxylation is 1. The molecule has 1 aromatic heterocycles. The first-order valence-electron chi connectivity index (χ1n) is 13.6. The van der Waals surface area contributed by atoms with Gasteiger partial charge < -0.3 is 5.11 Å². The molecule has 1 N–H and O–H groups in total. The van der Waals surface area contributed by atoms with Crippen molar-refractivity contribution in [2.45, 2.75) is 38.8 Å². The molecular formula is C31H25ClF3N3O5. The van der Waals surface area contributed by atoms with E-state index in [1.54, 1.807) is 31.2 Å². The molecule has 222 valence electrons. The maximum absolute atomic E-state index is 14.1. The number of imide groups is 1. The molecule has 4 atom stereocenters. The molecule has 1 aromatic carbocycles. The number of phenolic OH excluding ortho intramolecular Hbond substituents is 1. The van der Waals surface area contributed by atoms with Crippen LogP contribution in [-0.2, 0) is 25.4 Å². The maximum atomic E-state index is 14.1. The first kappa shape index (κ1) is 28.9. The Kier molecular flexibility index (Phi) is 6.64. The van der Waals surface area contributed by atoms with Crippen LogP contribution in [0.25, 0.3) is 0 Å². The number of para-hydroxylation sites is 1. The third kappa shape index (κ3) is 4.31. The number of halogens is 4. The molecule has 2 aromatic rings. The van der Waals surface area contributed by atoms with Gasteiger partial charge in [-0.3, -0.25) is 24.2 Å². The summed E-state index contributed by atoms with van der Waals surface area (Å²) >= 11 is 6.18. The molecule has 1 aliphatic heterocycles. The SMILES string of the molecule is CC1=CC(=O)C2=C(C[C@@H]3C(=CC[C@@H]4C(=O)N(N(C)c5nc(C(F)(F)F)ccc5Cl)C(=O)[C@@H]43)[C@@H]2c2cccc(C)c2O)C1=O. The number of Topliss-reactive ketones (excluding diaryl/α,β-unsaturated/α-hetero) is 1. The van der Waals surface area contributed by atoms with E-state index in [0.29, 0.717) is 22.8 Å². The second kappa shape index (κ2) is 9.90. The van der Waals surface area contributed by atoms with Crippen molar-refractivity contribution in [3.05, 3.63) is 86.6 Å². The van der Waals surface area contributed by atoms with Gasteiger partial charge in [0, 0.05) is 35.2 Å². The van der Waals surface area contributed by atoms with Gasteiger partial charge in [0.1, 0.15) is 11.4 Å². The lowest BCUT2D eigenvalue weighted by molar-refractivity contribution is -0.141. The fourth-order valence-electron chi connectivity index (χ4n) is 6.84. The van der Waals surface area contributed by atoms with Gasteiger partial charge in [-0.05, 0) is 56.4 Å². The van der Waals surface area contributed by atoms with Crippen molar-refractivity contribution in [2.75, 3.05) is 12.1 Å². The average molecular weight is 612 g/mol. The van der Waals surface area contributed by atoms with E-state index in [9.17, 15) is 37.5 Å². The molecule has 6 rings (SSSR count). The number of allylic oxidation sites excluding steroid dienone is 6. The number of carbonyl (C=O) groups excluding carboxylic acids is 4. The van der Waals surface area contributed by atoms with Gasteiger partial charge in [0.05, 0.1) is 16.9 Å². The van der Waals surface area contributed by atoms with Crippen LogP contribution in [-0.4, -0.2) is 45.5 Å². The Balaban J connectivity index is 1.45. The molecule has 3 aliphatic carbocycles. The number of rotatable bonds is 3. The van der Waals surface area contributed by atoms with E-state index in [0.717, 1.165) is 16.1 Å². The average Bonchev–Trinajstić information content (AvgIpc) is 3.21. The van der Waals surface area contributed by atoms with Gasteiger partial charge in [0.2, 0.25) is 0 Å². The standard InChI is InChI=1S/C31H25ClF3N3O5/c1-13-5-4-6-16(26(13)40)23-15-7-8-17-24(18(15)12-19-25(23)21(39)11-14(2)27(19)41)30(43)38(29(17)42)37(3)28-20(32)9-10-22(36-28)31(33,34)35/h4-7,9-11,17-18,23-24,40H,8,12H2,1-3H3/t17-,18+,23+,24-/m0/s1. The number of hydrogen-bond acceptors (Lipinski definition) is 7. The molecule has 2 amide bonds. The van der Waals surface area contributed by atoms with Crippen LogP contribution in [0.15, 0.2) is 64.8 Å². The zero-order chi connectivity index (χ0) is 31.1. The van der Waals surface area contributed by atoms with Crippen LogP contribution in [0, 0.1) is 24.7 Å². The second-order valence-corrected chi connectivity index (χ2v) is 11.7. The monoisotopic (exact) mass is 611 g/mol. The summed E-state index contributed by atoms with van der Waals surface area (Å²) in [6, 6.07) is 6.80. The first-order valence-corrected chi connectivity index (χ1v) is 13.9. The van der Waals surface area contributed by atoms with Gasteiger partial charge in [-0.15, -0.1) is 0 Å². The molecule has 0 unspecified atom stereocenters. The minimum atomic E-state index is -4.79. The summed E-state index contributed by atoms with van der Waals surface area (Å²) in [5.74, 6) is -5.86. The zero-order valence-corrected chi connectivity index (χ0v) is 24.0. The molecule has 0 spiro atoms. The molecule has 1 fully saturated rings. The number of phenols is 1. The number of fused-ring (bicyclic) bond motifs is 3. The number of hydrazine groups is 1. The lowest BCUT2D eigenvalue weighted by Gasteiger charge is -2.42. The Labute approximate surface area is 249 Å². The minimum absolute atomic E-state index is 0.0142. The number of amides is 2. The van der Waals surface area contributed by atoms with Crippen molar-refractivity contribution in [3.63, 3.8) is 0 Å². The number of nitrogens with zero attached hydrogens (tertiary/aromatic N) is 3. The Bertz CT molecular complexity index is 1740. The van der Waals surface area contributed by atoms with Crippen molar-refractivity contribution in [1.82, 2.24) is 9.99 Å². The van der Waals surface area contributed by atoms with Crippen molar-refractivity contribution >= 4 is 40.8 Å². The fourth-order valence-corrected chi connectivity index (χ4v) is 7.07. The number of alkyl halides is 3. The van der Waals surface area contributed by atoms with Crippen molar-refractivity contribution in [3.8, 4) is 5.75 Å². The highest BCUT2D eigenvalue weighted by atomic mass is 35.5. The third-order valence-electron chi connectivity index (χ3n) is 8.84. The summed E-state index contributed by atoms with van der Waals surface area (Å²) in [6.45, 7) is 3.24. The highest BCUT2D eigenvalue weighted by Crippen LogP contribution is 2.56. The van der Waals surface area contributed by atoms with Gasteiger partial charge in [-0.2, -0.15) is 18.2 Å². The number of carbonyl (C=O) groups is 4. The van der Waals surface area contributed by atoms with Crippen LogP contribution in [0.5, 0.6) is 5.75 Å². The molecule has 12 heteroatoms. The number of aromatic nitrogens is 1. The van der Waals surface area contributed by atoms with E-state index in [-0.39, 0.29) is 51.9 Å². The Hall–Kier alpha value is -4.25. The lowest BCUT2D eigenvalue weighted by atomic mass is 9.59. The smallest absolute Gasteiger partial charge is 0.433 e. The predicted molar refractivity (Wildman–Crippen MR) is 149 cm³/mol. The van der Waals surface area contributed by atoms with Gasteiger partial charge in [0.25, 0.3) is 11.8 Å². The van der Waals surface area contributed by atoms with Crippen molar-refractivity contribution in [2.24, 2.45) is 17.8 Å². The fraction of sp³-hybridized carbons (Fsp3) is 0.323. The van der Waals surface area contributed by atoms with Crippen LogP contribution >= 0.6 is 11.6 Å². The molecule has 0 bridgehead atoms. The third-order valence-corrected chi connectivity index (χ3v) is 9.14. The van der Waals surface area contributed by atoms with Crippen LogP contribution in [0.4, 0.5) is 19.0 Å². The zero-order valence-electron chi connectivity index (χ0n) is 23.2. The summed E-state index contributed by atoms with van der Waals surface area (Å²) in [4.78, 5) is 58.1. The highest BCUT2D eigenvalue weighted by Gasteiger charge is 2.58. The van der Waals surface area contributed by atoms with Crippen molar-refractivity contribution < 1.29 is 37.5 Å². The molecule has 4 aliphatic rings. The summed E-state index contributed by atoms with van der Waals surface area (Å²) in [6.07, 6.45) is -1.60. The van der Waals surface area contributed by atoms with E-state index >= 15 is 0 Å². The Morgan fingerprint density at radius 1 is 1.05 bits per heavy atom. The van der Waals surface area contributed by atoms with Crippen LogP contribution in [0.3, 0.4) is 0 Å². The van der Waals surface area contributed by atoms with E-state index in [1.165, 1.54) is 20.0 Å². The van der Waals surface area contributed by atoms with E-state index in [4.69, 9.17) is 11.6 Å². The summed E-state index contributed by atoms with van der Waals surface area (Å²) in [5.41, 5.74) is 1.07. The summed E-state index contributed by atoms with van der Waals surface area (Å²) < 4.78 is 40.3. The molecule has 0 saturated carbocycles. The Morgan fingerprint density at radius 3 is 2.47 bits per heavy atom. The van der Waals surface area contributed by atoms with Gasteiger partial charge in [-0.25, -0.2) is 4.98 Å². The molecule has 1 saturated heterocycles. The number of aromatic hydroxyl groups is 1. The lowest BCUT2D eigenvalue weighted by Crippen LogP contribution is -2.46. The van der Waals surface area contributed by atoms with Gasteiger partial charge in [0.15, 0.2) is 17.4 Å². The summed E-state index contributed by atoms with van der Waals surface area (Å²) in [5, 5.41) is 12.6. The molecule has 2 heterocycles. The first-order chi connectivity index (χ1) is 20.2. The number of anilines is 1. The molecule has 8 nitrogen and oxygen atoms in total. The quantitative estimate of drug-likeness (QED) is 0.287. The second-order valence-electron chi connectivity index (χ2n) is 11.3. The topological polar surface area (TPSA) is 108 Å². The van der Waals surface area contributed by atoms with Crippen molar-refractivity contribution in [1.29, 1.82) is 0 Å². The van der Waals surface area contributed by atoms with Crippen LogP contribution in [0.1, 0.15) is 42.5 Å². The number of hydrogen-bond donors (Lipinski definition) is 1. The number of ketones is 2.